The molecular formula is C22H29F5O2. The summed E-state index contributed by atoms with van der Waals surface area (Å²) in [7, 11) is 0. The third-order valence-corrected chi connectivity index (χ3v) is 9.00. The molecule has 3 saturated carbocycles. The number of alkyl halides is 5. The first-order valence-corrected chi connectivity index (χ1v) is 10.8. The van der Waals surface area contributed by atoms with Crippen molar-refractivity contribution in [3.8, 4) is 0 Å². The number of carbonyl (C=O) groups is 1. The van der Waals surface area contributed by atoms with E-state index < -0.39 is 29.5 Å². The van der Waals surface area contributed by atoms with Crippen LogP contribution in [-0.2, 0) is 4.79 Å². The first-order chi connectivity index (χ1) is 13.4. The molecule has 29 heavy (non-hydrogen) atoms. The molecule has 1 N–H and O–H groups in total. The van der Waals surface area contributed by atoms with Crippen LogP contribution in [0.25, 0.3) is 0 Å². The first kappa shape index (κ1) is 21.3. The zero-order valence-corrected chi connectivity index (χ0v) is 16.9. The standard InChI is InChI=1S/C22H29F5O2/c1-3-19-8-6-16-15-5-4-14(28)11-13(15)10-12(2)18(16)17(19)7-9-20(19,29)21(23,24)22(25,26)27/h11-12,15-18,29H,3-10H2,1-2H3/t12-,15?,16?,17?,18?,19?,20+/m0/s1. The Labute approximate surface area is 167 Å². The van der Waals surface area contributed by atoms with Gasteiger partial charge in [-0.1, -0.05) is 19.4 Å². The highest BCUT2D eigenvalue weighted by atomic mass is 19.4. The number of hydrogen-bond donors (Lipinski definition) is 1. The number of fused-ring (bicyclic) bond motifs is 5. The van der Waals surface area contributed by atoms with Crippen LogP contribution in [0.15, 0.2) is 11.6 Å². The quantitative estimate of drug-likeness (QED) is 0.583. The second kappa shape index (κ2) is 6.51. The van der Waals surface area contributed by atoms with Crippen LogP contribution in [0.3, 0.4) is 0 Å². The molecule has 0 bridgehead atoms. The number of carbonyl (C=O) groups excluding carboxylic acids is 1. The molecule has 164 valence electrons. The van der Waals surface area contributed by atoms with E-state index in [9.17, 15) is 31.9 Å². The second-order valence-corrected chi connectivity index (χ2v) is 9.88. The van der Waals surface area contributed by atoms with Gasteiger partial charge in [-0.05, 0) is 80.6 Å². The summed E-state index contributed by atoms with van der Waals surface area (Å²) in [5, 5.41) is 11.0. The average Bonchev–Trinajstić information content (AvgIpc) is 2.95. The third kappa shape index (κ3) is 2.64. The Kier molecular flexibility index (Phi) is 4.77. The van der Waals surface area contributed by atoms with E-state index in [2.05, 4.69) is 0 Å². The lowest BCUT2D eigenvalue weighted by Gasteiger charge is -2.59. The topological polar surface area (TPSA) is 37.3 Å². The smallest absolute Gasteiger partial charge is 0.383 e. The van der Waals surface area contributed by atoms with Crippen LogP contribution >= 0.6 is 0 Å². The lowest BCUT2D eigenvalue weighted by atomic mass is 9.47. The lowest BCUT2D eigenvalue weighted by Crippen LogP contribution is -2.66. The zero-order valence-electron chi connectivity index (χ0n) is 16.9. The van der Waals surface area contributed by atoms with E-state index in [0.717, 1.165) is 12.0 Å². The van der Waals surface area contributed by atoms with Gasteiger partial charge in [0.1, 0.15) is 5.60 Å². The number of hydrogen-bond acceptors (Lipinski definition) is 2. The van der Waals surface area contributed by atoms with Gasteiger partial charge >= 0.3 is 12.1 Å². The number of rotatable bonds is 2. The molecule has 0 radical (unpaired) electrons. The summed E-state index contributed by atoms with van der Waals surface area (Å²) in [5.41, 5.74) is -3.35. The van der Waals surface area contributed by atoms with Crippen molar-refractivity contribution in [2.24, 2.45) is 35.0 Å². The van der Waals surface area contributed by atoms with E-state index in [0.29, 0.717) is 19.3 Å². The predicted molar refractivity (Wildman–Crippen MR) is 97.2 cm³/mol. The fourth-order valence-corrected chi connectivity index (χ4v) is 7.86. The number of aliphatic hydroxyl groups is 1. The fourth-order valence-electron chi connectivity index (χ4n) is 7.86. The highest BCUT2D eigenvalue weighted by molar-refractivity contribution is 5.91. The summed E-state index contributed by atoms with van der Waals surface area (Å²) in [6.07, 6.45) is -1.60. The maximum absolute atomic E-state index is 14.6. The Morgan fingerprint density at radius 3 is 2.45 bits per heavy atom. The summed E-state index contributed by atoms with van der Waals surface area (Å²) in [6, 6.07) is 0. The molecule has 4 aliphatic carbocycles. The summed E-state index contributed by atoms with van der Waals surface area (Å²) in [6.45, 7) is 3.67. The molecule has 2 nitrogen and oxygen atoms in total. The minimum Gasteiger partial charge on any atom is -0.383 e. The molecule has 5 unspecified atom stereocenters. The maximum atomic E-state index is 14.6. The van der Waals surface area contributed by atoms with Crippen LogP contribution in [0.1, 0.15) is 65.2 Å². The normalized spacial score (nSPS) is 45.3. The summed E-state index contributed by atoms with van der Waals surface area (Å²) >= 11 is 0. The Morgan fingerprint density at radius 2 is 1.83 bits per heavy atom. The Morgan fingerprint density at radius 1 is 1.14 bits per heavy atom. The molecule has 7 heteroatoms. The number of allylic oxidation sites excluding steroid dienone is 1. The summed E-state index contributed by atoms with van der Waals surface area (Å²) in [4.78, 5) is 11.9. The van der Waals surface area contributed by atoms with Gasteiger partial charge in [-0.2, -0.15) is 22.0 Å². The number of halogens is 5. The minimum absolute atomic E-state index is 0.0112. The molecule has 0 spiro atoms. The van der Waals surface area contributed by atoms with E-state index in [4.69, 9.17) is 0 Å². The summed E-state index contributed by atoms with van der Waals surface area (Å²) < 4.78 is 69.2. The Hall–Kier alpha value is -0.980. The van der Waals surface area contributed by atoms with Crippen LogP contribution in [0.4, 0.5) is 22.0 Å². The molecule has 3 fully saturated rings. The molecule has 0 amide bonds. The Bertz CT molecular complexity index is 729. The van der Waals surface area contributed by atoms with Crippen molar-refractivity contribution in [1.82, 2.24) is 0 Å². The summed E-state index contributed by atoms with van der Waals surface area (Å²) in [5.74, 6) is -4.81. The molecule has 0 heterocycles. The molecule has 7 atom stereocenters. The first-order valence-electron chi connectivity index (χ1n) is 10.8. The van der Waals surface area contributed by atoms with Gasteiger partial charge in [0.05, 0.1) is 0 Å². The fraction of sp³-hybridized carbons (Fsp3) is 0.864. The SMILES string of the molecule is CCC12CCC3C4CCC(=O)C=C4C[C@H](C)C3C1CC[C@]2(O)C(F)(F)C(F)(F)F. The van der Waals surface area contributed by atoms with Crippen molar-refractivity contribution in [3.63, 3.8) is 0 Å². The highest BCUT2D eigenvalue weighted by Gasteiger charge is 2.79. The highest BCUT2D eigenvalue weighted by Crippen LogP contribution is 2.71. The molecule has 4 rings (SSSR count). The van der Waals surface area contributed by atoms with Gasteiger partial charge in [0.25, 0.3) is 0 Å². The van der Waals surface area contributed by atoms with Crippen LogP contribution in [0.2, 0.25) is 0 Å². The number of ketones is 1. The van der Waals surface area contributed by atoms with Crippen molar-refractivity contribution >= 4 is 5.78 Å². The third-order valence-electron chi connectivity index (χ3n) is 9.00. The molecule has 0 saturated heterocycles. The van der Waals surface area contributed by atoms with Gasteiger partial charge in [0.2, 0.25) is 0 Å². The van der Waals surface area contributed by atoms with Crippen molar-refractivity contribution in [2.45, 2.75) is 82.9 Å². The van der Waals surface area contributed by atoms with Crippen molar-refractivity contribution < 1.29 is 31.9 Å². The largest absolute Gasteiger partial charge is 0.456 e. The zero-order chi connectivity index (χ0) is 21.4. The van der Waals surface area contributed by atoms with Crippen LogP contribution in [0, 0.1) is 35.0 Å². The van der Waals surface area contributed by atoms with Crippen LogP contribution in [0.5, 0.6) is 0 Å². The van der Waals surface area contributed by atoms with Crippen molar-refractivity contribution in [1.29, 1.82) is 0 Å². The molecule has 0 aromatic carbocycles. The van der Waals surface area contributed by atoms with Gasteiger partial charge in [-0.15, -0.1) is 0 Å². The van der Waals surface area contributed by atoms with Gasteiger partial charge < -0.3 is 5.11 Å². The molecule has 0 aromatic rings. The minimum atomic E-state index is -5.77. The van der Waals surface area contributed by atoms with Crippen molar-refractivity contribution in [3.05, 3.63) is 11.6 Å². The van der Waals surface area contributed by atoms with Crippen molar-refractivity contribution in [2.75, 3.05) is 0 Å². The van der Waals surface area contributed by atoms with Crippen LogP contribution < -0.4 is 0 Å². The monoisotopic (exact) mass is 420 g/mol. The molecule has 0 aliphatic heterocycles. The van der Waals surface area contributed by atoms with E-state index in [1.165, 1.54) is 0 Å². The van der Waals surface area contributed by atoms with Gasteiger partial charge in [-0.25, -0.2) is 0 Å². The van der Waals surface area contributed by atoms with Crippen LogP contribution in [-0.4, -0.2) is 28.6 Å². The van der Waals surface area contributed by atoms with Gasteiger partial charge in [0.15, 0.2) is 5.78 Å². The molecule has 0 aromatic heterocycles. The van der Waals surface area contributed by atoms with E-state index in [1.54, 1.807) is 13.0 Å². The maximum Gasteiger partial charge on any atom is 0.456 e. The molecule has 4 aliphatic rings. The van der Waals surface area contributed by atoms with E-state index in [1.807, 2.05) is 6.92 Å². The second-order valence-electron chi connectivity index (χ2n) is 9.88. The predicted octanol–water partition coefficient (Wildman–Crippen LogP) is 5.69. The van der Waals surface area contributed by atoms with E-state index in [-0.39, 0.29) is 54.6 Å². The van der Waals surface area contributed by atoms with E-state index >= 15 is 0 Å². The Balaban J connectivity index is 1.74. The van der Waals surface area contributed by atoms with Gasteiger partial charge in [0, 0.05) is 11.8 Å². The lowest BCUT2D eigenvalue weighted by molar-refractivity contribution is -0.366. The van der Waals surface area contributed by atoms with Gasteiger partial charge in [-0.3, -0.25) is 4.79 Å². The molecular weight excluding hydrogens is 391 g/mol. The average molecular weight is 420 g/mol.